The summed E-state index contributed by atoms with van der Waals surface area (Å²) in [6, 6.07) is 16.7. The number of nitrogens with zero attached hydrogens (tertiary/aromatic N) is 3. The molecule has 9 nitrogen and oxygen atoms in total. The maximum Gasteiger partial charge on any atom is 0.257 e. The summed E-state index contributed by atoms with van der Waals surface area (Å²) in [6.07, 6.45) is 0.410. The molecule has 0 aliphatic heterocycles. The molecule has 0 saturated heterocycles. The number of carbonyl (C=O) groups excluding carboxylic acids is 1. The lowest BCUT2D eigenvalue weighted by atomic mass is 10.0. The molecule has 3 heterocycles. The Labute approximate surface area is 255 Å². The maximum absolute atomic E-state index is 15.4. The zero-order valence-electron chi connectivity index (χ0n) is 24.2. The van der Waals surface area contributed by atoms with Gasteiger partial charge in [-0.1, -0.05) is 42.0 Å². The van der Waals surface area contributed by atoms with Crippen molar-refractivity contribution >= 4 is 43.5 Å². The molecule has 0 spiro atoms. The third kappa shape index (κ3) is 5.50. The third-order valence-corrected chi connectivity index (χ3v) is 8.50. The average molecular weight is 634 g/mol. The van der Waals surface area contributed by atoms with Crippen LogP contribution in [0.4, 0.5) is 18.9 Å². The summed E-state index contributed by atoms with van der Waals surface area (Å²) in [7, 11) is -2.81. The van der Waals surface area contributed by atoms with Gasteiger partial charge in [-0.15, -0.1) is 0 Å². The standard InChI is InChI=1S/C32H26F3N5O4S/c1-17-8-10-18(11-9-17)31-28(32(41)36-2)21-12-20(25(13-26(21)44-31)40(16-27(33)34)45(3,42)43)23-14-37-15-24(38-23)30-29(35)19-6-4-5-7-22(19)39-30/h4-15,27,39H,16H2,1-3H3,(H,36,41). The summed E-state index contributed by atoms with van der Waals surface area (Å²) in [5.74, 6) is -0.856. The molecule has 0 bridgehead atoms. The zero-order chi connectivity index (χ0) is 32.0. The van der Waals surface area contributed by atoms with E-state index >= 15 is 4.39 Å². The number of aryl methyl sites for hydroxylation is 1. The Morgan fingerprint density at radius 1 is 1.04 bits per heavy atom. The zero-order valence-corrected chi connectivity index (χ0v) is 25.0. The van der Waals surface area contributed by atoms with Crippen molar-refractivity contribution in [2.24, 2.45) is 0 Å². The molecule has 0 atom stereocenters. The van der Waals surface area contributed by atoms with Crippen LogP contribution in [0.3, 0.4) is 0 Å². The highest BCUT2D eigenvalue weighted by atomic mass is 32.2. The smallest absolute Gasteiger partial charge is 0.257 e. The van der Waals surface area contributed by atoms with Crippen molar-refractivity contribution in [3.63, 3.8) is 0 Å². The number of anilines is 1. The van der Waals surface area contributed by atoms with Gasteiger partial charge in [-0.25, -0.2) is 26.6 Å². The topological polar surface area (TPSA) is 121 Å². The van der Waals surface area contributed by atoms with Crippen molar-refractivity contribution in [2.75, 3.05) is 24.2 Å². The van der Waals surface area contributed by atoms with E-state index in [0.717, 1.165) is 11.8 Å². The maximum atomic E-state index is 15.4. The van der Waals surface area contributed by atoms with Crippen LogP contribution >= 0.6 is 0 Å². The van der Waals surface area contributed by atoms with E-state index in [2.05, 4.69) is 20.3 Å². The number of amides is 1. The summed E-state index contributed by atoms with van der Waals surface area (Å²) < 4.78 is 75.5. The Morgan fingerprint density at radius 2 is 1.76 bits per heavy atom. The molecule has 45 heavy (non-hydrogen) atoms. The number of fused-ring (bicyclic) bond motifs is 2. The largest absolute Gasteiger partial charge is 0.455 e. The molecule has 3 aromatic carbocycles. The van der Waals surface area contributed by atoms with Gasteiger partial charge in [-0.2, -0.15) is 0 Å². The molecular formula is C32H26F3N5O4S. The molecular weight excluding hydrogens is 607 g/mol. The predicted molar refractivity (Wildman–Crippen MR) is 166 cm³/mol. The van der Waals surface area contributed by atoms with Crippen LogP contribution < -0.4 is 9.62 Å². The average Bonchev–Trinajstić information content (AvgIpc) is 3.56. The van der Waals surface area contributed by atoms with Crippen molar-refractivity contribution < 1.29 is 30.8 Å². The molecule has 0 saturated carbocycles. The second kappa shape index (κ2) is 11.4. The number of aromatic amines is 1. The van der Waals surface area contributed by atoms with Gasteiger partial charge in [0.05, 0.1) is 42.1 Å². The van der Waals surface area contributed by atoms with Gasteiger partial charge in [0.2, 0.25) is 10.0 Å². The molecule has 3 aromatic heterocycles. The van der Waals surface area contributed by atoms with Crippen LogP contribution in [0.1, 0.15) is 15.9 Å². The highest BCUT2D eigenvalue weighted by molar-refractivity contribution is 7.92. The first-order valence-electron chi connectivity index (χ1n) is 13.7. The summed E-state index contributed by atoms with van der Waals surface area (Å²) in [6.45, 7) is 0.745. The number of nitrogens with one attached hydrogen (secondary N) is 2. The number of aromatic nitrogens is 3. The lowest BCUT2D eigenvalue weighted by molar-refractivity contribution is 0.0964. The number of para-hydroxylation sites is 1. The summed E-state index contributed by atoms with van der Waals surface area (Å²) in [4.78, 5) is 25.0. The number of H-pyrrole nitrogens is 1. The van der Waals surface area contributed by atoms with Crippen molar-refractivity contribution in [3.8, 4) is 34.0 Å². The molecule has 6 rings (SSSR count). The number of sulfonamides is 1. The third-order valence-electron chi connectivity index (χ3n) is 7.36. The molecule has 230 valence electrons. The number of carbonyl (C=O) groups is 1. The quantitative estimate of drug-likeness (QED) is 0.196. The SMILES string of the molecule is CNC(=O)c1c(-c2ccc(C)cc2)oc2cc(N(CC(F)F)S(C)(=O)=O)c(-c3cncc(-c4[nH]c5ccccc5c4F)n3)cc12. The first-order chi connectivity index (χ1) is 21.5. The minimum Gasteiger partial charge on any atom is -0.455 e. The number of furan rings is 1. The molecule has 2 N–H and O–H groups in total. The highest BCUT2D eigenvalue weighted by Crippen LogP contribution is 2.42. The van der Waals surface area contributed by atoms with Crippen LogP contribution in [0.5, 0.6) is 0 Å². The summed E-state index contributed by atoms with van der Waals surface area (Å²) >= 11 is 0. The second-order valence-electron chi connectivity index (χ2n) is 10.5. The van der Waals surface area contributed by atoms with Gasteiger partial charge in [-0.3, -0.25) is 14.1 Å². The van der Waals surface area contributed by atoms with E-state index in [9.17, 15) is 22.0 Å². The van der Waals surface area contributed by atoms with Gasteiger partial charge in [0, 0.05) is 40.5 Å². The van der Waals surface area contributed by atoms with Crippen LogP contribution in [0.15, 0.2) is 77.5 Å². The Hall–Kier alpha value is -5.17. The Bertz CT molecular complexity index is 2190. The van der Waals surface area contributed by atoms with E-state index < -0.39 is 34.7 Å². The first kappa shape index (κ1) is 29.9. The number of benzene rings is 3. The van der Waals surface area contributed by atoms with Gasteiger partial charge in [-0.05, 0) is 25.1 Å². The number of rotatable bonds is 8. The van der Waals surface area contributed by atoms with Crippen molar-refractivity contribution in [2.45, 2.75) is 13.3 Å². The number of hydrogen-bond acceptors (Lipinski definition) is 6. The molecule has 0 radical (unpaired) electrons. The van der Waals surface area contributed by atoms with E-state index in [1.54, 1.807) is 36.4 Å². The molecule has 6 aromatic rings. The first-order valence-corrected chi connectivity index (χ1v) is 15.6. The van der Waals surface area contributed by atoms with Gasteiger partial charge >= 0.3 is 0 Å². The number of hydrogen-bond donors (Lipinski definition) is 2. The van der Waals surface area contributed by atoms with Crippen LogP contribution in [0.25, 0.3) is 55.8 Å². The monoisotopic (exact) mass is 633 g/mol. The number of alkyl halides is 2. The van der Waals surface area contributed by atoms with Crippen molar-refractivity contribution in [3.05, 3.63) is 90.0 Å². The molecule has 13 heteroatoms. The van der Waals surface area contributed by atoms with E-state index in [-0.39, 0.29) is 50.6 Å². The van der Waals surface area contributed by atoms with Gasteiger partial charge in [0.15, 0.2) is 5.82 Å². The van der Waals surface area contributed by atoms with Crippen LogP contribution in [-0.2, 0) is 10.0 Å². The van der Waals surface area contributed by atoms with Gasteiger partial charge < -0.3 is 14.7 Å². The van der Waals surface area contributed by atoms with Crippen molar-refractivity contribution in [1.82, 2.24) is 20.3 Å². The normalized spacial score (nSPS) is 11.9. The lowest BCUT2D eigenvalue weighted by Crippen LogP contribution is -2.34. The van der Waals surface area contributed by atoms with E-state index in [0.29, 0.717) is 20.8 Å². The summed E-state index contributed by atoms with van der Waals surface area (Å²) in [5, 5.41) is 3.21. The van der Waals surface area contributed by atoms with Crippen molar-refractivity contribution in [1.29, 1.82) is 0 Å². The summed E-state index contributed by atoms with van der Waals surface area (Å²) in [5.41, 5.74) is 2.35. The molecule has 0 unspecified atom stereocenters. The van der Waals surface area contributed by atoms with Crippen LogP contribution in [0.2, 0.25) is 0 Å². The minimum atomic E-state index is -4.26. The Balaban J connectivity index is 1.65. The molecule has 1 amide bonds. The highest BCUT2D eigenvalue weighted by Gasteiger charge is 2.29. The Kier molecular flexibility index (Phi) is 7.57. The van der Waals surface area contributed by atoms with Gasteiger partial charge in [0.25, 0.3) is 12.3 Å². The van der Waals surface area contributed by atoms with Crippen LogP contribution in [-0.4, -0.2) is 55.6 Å². The fourth-order valence-corrected chi connectivity index (χ4v) is 6.13. The van der Waals surface area contributed by atoms with E-state index in [1.165, 1.54) is 31.6 Å². The number of halogens is 3. The lowest BCUT2D eigenvalue weighted by Gasteiger charge is -2.24. The second-order valence-corrected chi connectivity index (χ2v) is 12.4. The minimum absolute atomic E-state index is 0.0387. The molecule has 0 fully saturated rings. The molecule has 0 aliphatic rings. The van der Waals surface area contributed by atoms with Gasteiger partial charge in [0.1, 0.15) is 22.7 Å². The Morgan fingerprint density at radius 3 is 2.42 bits per heavy atom. The fraction of sp³-hybridized carbons (Fsp3) is 0.156. The van der Waals surface area contributed by atoms with Crippen LogP contribution in [0, 0.1) is 12.7 Å². The predicted octanol–water partition coefficient (Wildman–Crippen LogP) is 6.54. The van der Waals surface area contributed by atoms with E-state index in [4.69, 9.17) is 4.42 Å². The van der Waals surface area contributed by atoms with E-state index in [1.807, 2.05) is 19.1 Å². The molecule has 0 aliphatic carbocycles. The fourth-order valence-electron chi connectivity index (χ4n) is 5.24.